The Morgan fingerprint density at radius 3 is 2.87 bits per heavy atom. The summed E-state index contributed by atoms with van der Waals surface area (Å²) in [6.07, 6.45) is 10.0. The van der Waals surface area contributed by atoms with E-state index in [4.69, 9.17) is 0 Å². The van der Waals surface area contributed by atoms with E-state index in [-0.39, 0.29) is 17.1 Å². The van der Waals surface area contributed by atoms with Crippen molar-refractivity contribution in [3.8, 4) is 6.07 Å². The van der Waals surface area contributed by atoms with Gasteiger partial charge in [0.1, 0.15) is 0 Å². The number of allylic oxidation sites excluding steroid dienone is 2. The number of rotatable bonds is 0. The van der Waals surface area contributed by atoms with Crippen molar-refractivity contribution in [3.05, 3.63) is 23.5 Å². The summed E-state index contributed by atoms with van der Waals surface area (Å²) >= 11 is 0. The highest BCUT2D eigenvalue weighted by molar-refractivity contribution is 5.92. The Labute approximate surface area is 138 Å². The van der Waals surface area contributed by atoms with E-state index in [0.717, 1.165) is 43.3 Å². The first-order chi connectivity index (χ1) is 11.1. The zero-order valence-electron chi connectivity index (χ0n) is 13.8. The Hall–Kier alpha value is -1.56. The molecule has 23 heavy (non-hydrogen) atoms. The molecule has 0 heterocycles. The van der Waals surface area contributed by atoms with Gasteiger partial charge in [-0.25, -0.2) is 0 Å². The monoisotopic (exact) mass is 311 g/mol. The SMILES string of the molecule is C[C@]12CC[C@H]3[C@@H](CC(=CO)C4=CC(=O)CC[C@@H]43)[C@@H]1CC[C@@H]2C#N. The molecule has 3 fully saturated rings. The summed E-state index contributed by atoms with van der Waals surface area (Å²) in [7, 11) is 0. The molecule has 3 saturated carbocycles. The van der Waals surface area contributed by atoms with Crippen molar-refractivity contribution in [1.82, 2.24) is 0 Å². The van der Waals surface area contributed by atoms with Crippen molar-refractivity contribution in [2.75, 3.05) is 0 Å². The van der Waals surface area contributed by atoms with E-state index in [9.17, 15) is 15.2 Å². The Morgan fingerprint density at radius 1 is 1.30 bits per heavy atom. The minimum atomic E-state index is 0.155. The molecule has 4 rings (SSSR count). The molecule has 0 aromatic heterocycles. The average Bonchev–Trinajstić information content (AvgIpc) is 2.90. The number of fused-ring (bicyclic) bond motifs is 5. The minimum absolute atomic E-state index is 0.155. The van der Waals surface area contributed by atoms with Crippen LogP contribution in [-0.2, 0) is 4.79 Å². The fraction of sp³-hybridized carbons (Fsp3) is 0.700. The van der Waals surface area contributed by atoms with Crippen LogP contribution in [0.1, 0.15) is 51.9 Å². The van der Waals surface area contributed by atoms with E-state index >= 15 is 0 Å². The van der Waals surface area contributed by atoms with Gasteiger partial charge in [0.2, 0.25) is 0 Å². The van der Waals surface area contributed by atoms with Crippen LogP contribution in [0.25, 0.3) is 0 Å². The molecule has 0 aliphatic heterocycles. The molecule has 4 aliphatic rings. The largest absolute Gasteiger partial charge is 0.515 e. The Balaban J connectivity index is 1.71. The van der Waals surface area contributed by atoms with Gasteiger partial charge in [0.25, 0.3) is 0 Å². The van der Waals surface area contributed by atoms with Crippen LogP contribution >= 0.6 is 0 Å². The van der Waals surface area contributed by atoms with E-state index in [1.165, 1.54) is 12.7 Å². The number of carbonyl (C=O) groups excluding carboxylic acids is 1. The van der Waals surface area contributed by atoms with Gasteiger partial charge < -0.3 is 5.11 Å². The predicted molar refractivity (Wildman–Crippen MR) is 87.3 cm³/mol. The maximum atomic E-state index is 11.8. The van der Waals surface area contributed by atoms with Crippen LogP contribution in [-0.4, -0.2) is 10.9 Å². The molecule has 1 N–H and O–H groups in total. The molecule has 0 aromatic carbocycles. The molecular weight excluding hydrogens is 286 g/mol. The van der Waals surface area contributed by atoms with Crippen LogP contribution in [0.5, 0.6) is 0 Å². The second-order valence-corrected chi connectivity index (χ2v) is 8.31. The summed E-state index contributed by atoms with van der Waals surface area (Å²) in [6.45, 7) is 2.33. The number of hydrogen-bond acceptors (Lipinski definition) is 3. The van der Waals surface area contributed by atoms with Gasteiger partial charge in [-0.1, -0.05) is 6.92 Å². The number of aliphatic hydroxyl groups excluding tert-OH is 1. The lowest BCUT2D eigenvalue weighted by molar-refractivity contribution is -0.115. The number of carbonyl (C=O) groups is 1. The fourth-order valence-corrected chi connectivity index (χ4v) is 6.40. The lowest BCUT2D eigenvalue weighted by Gasteiger charge is -2.53. The van der Waals surface area contributed by atoms with Crippen molar-refractivity contribution in [1.29, 1.82) is 5.26 Å². The smallest absolute Gasteiger partial charge is 0.156 e. The van der Waals surface area contributed by atoms with Crippen LogP contribution in [0, 0.1) is 46.3 Å². The van der Waals surface area contributed by atoms with E-state index < -0.39 is 0 Å². The van der Waals surface area contributed by atoms with Crippen molar-refractivity contribution in [2.24, 2.45) is 35.0 Å². The third-order valence-electron chi connectivity index (χ3n) is 7.57. The van der Waals surface area contributed by atoms with Gasteiger partial charge in [0, 0.05) is 6.42 Å². The van der Waals surface area contributed by atoms with Crippen LogP contribution in [0.3, 0.4) is 0 Å². The first kappa shape index (κ1) is 15.0. The molecule has 0 unspecified atom stereocenters. The fourth-order valence-electron chi connectivity index (χ4n) is 6.40. The first-order valence-electron chi connectivity index (χ1n) is 9.06. The average molecular weight is 311 g/mol. The number of nitrogens with zero attached hydrogens (tertiary/aromatic N) is 1. The number of ketones is 1. The van der Waals surface area contributed by atoms with E-state index in [1.807, 2.05) is 0 Å². The third kappa shape index (κ3) is 2.04. The summed E-state index contributed by atoms with van der Waals surface area (Å²) in [5.41, 5.74) is 2.25. The molecule has 0 radical (unpaired) electrons. The number of aliphatic hydroxyl groups is 1. The molecule has 0 aromatic rings. The molecule has 0 bridgehead atoms. The Kier molecular flexibility index (Phi) is 3.41. The number of nitriles is 1. The van der Waals surface area contributed by atoms with Gasteiger partial charge in [0.15, 0.2) is 5.78 Å². The topological polar surface area (TPSA) is 61.1 Å². The highest BCUT2D eigenvalue weighted by Crippen LogP contribution is 2.64. The highest BCUT2D eigenvalue weighted by atomic mass is 16.2. The summed E-state index contributed by atoms with van der Waals surface area (Å²) < 4.78 is 0. The zero-order valence-corrected chi connectivity index (χ0v) is 13.8. The molecule has 3 heteroatoms. The van der Waals surface area contributed by atoms with Gasteiger partial charge >= 0.3 is 0 Å². The van der Waals surface area contributed by atoms with Gasteiger partial charge in [0.05, 0.1) is 18.2 Å². The van der Waals surface area contributed by atoms with Crippen molar-refractivity contribution in [3.63, 3.8) is 0 Å². The second-order valence-electron chi connectivity index (χ2n) is 8.31. The van der Waals surface area contributed by atoms with Crippen molar-refractivity contribution >= 4 is 5.78 Å². The molecule has 3 nitrogen and oxygen atoms in total. The van der Waals surface area contributed by atoms with Crippen LogP contribution in [0.4, 0.5) is 0 Å². The first-order valence-corrected chi connectivity index (χ1v) is 9.06. The second kappa shape index (κ2) is 5.23. The highest BCUT2D eigenvalue weighted by Gasteiger charge is 2.57. The minimum Gasteiger partial charge on any atom is -0.515 e. The van der Waals surface area contributed by atoms with Gasteiger partial charge in [-0.2, -0.15) is 5.26 Å². The Bertz CT molecular complexity index is 641. The normalized spacial score (nSPS) is 47.3. The summed E-state index contributed by atoms with van der Waals surface area (Å²) in [5.74, 6) is 2.64. The van der Waals surface area contributed by atoms with E-state index in [1.54, 1.807) is 6.08 Å². The van der Waals surface area contributed by atoms with Crippen LogP contribution in [0.15, 0.2) is 23.5 Å². The van der Waals surface area contributed by atoms with E-state index in [2.05, 4.69) is 13.0 Å². The van der Waals surface area contributed by atoms with Gasteiger partial charge in [-0.3, -0.25) is 4.79 Å². The van der Waals surface area contributed by atoms with E-state index in [0.29, 0.717) is 30.1 Å². The number of hydrogen-bond donors (Lipinski definition) is 1. The predicted octanol–water partition coefficient (Wildman–Crippen LogP) is 4.32. The summed E-state index contributed by atoms with van der Waals surface area (Å²) in [6, 6.07) is 2.57. The molecule has 0 saturated heterocycles. The van der Waals surface area contributed by atoms with Crippen LogP contribution in [0.2, 0.25) is 0 Å². The third-order valence-corrected chi connectivity index (χ3v) is 7.57. The molecular formula is C20H25NO2. The maximum Gasteiger partial charge on any atom is 0.156 e. The molecule has 6 atom stereocenters. The van der Waals surface area contributed by atoms with Gasteiger partial charge in [-0.05, 0) is 84.8 Å². The lowest BCUT2D eigenvalue weighted by Crippen LogP contribution is -2.46. The molecule has 4 aliphatic carbocycles. The standard InChI is InChI=1S/C20H25NO2/c1-20-7-6-16-15-4-3-14(23)9-17(15)12(11-22)8-18(16)19(20)5-2-13(20)10-21/h9,11,13,15-16,18-19,22H,2-8H2,1H3/t13-,15-,16-,18-,19+,20-/m1/s1. The quantitative estimate of drug-likeness (QED) is 0.678. The summed E-state index contributed by atoms with van der Waals surface area (Å²) in [4.78, 5) is 11.8. The summed E-state index contributed by atoms with van der Waals surface area (Å²) in [5, 5.41) is 19.3. The molecule has 122 valence electrons. The maximum absolute atomic E-state index is 11.8. The van der Waals surface area contributed by atoms with Gasteiger partial charge in [-0.15, -0.1) is 0 Å². The molecule has 0 spiro atoms. The van der Waals surface area contributed by atoms with Crippen LogP contribution < -0.4 is 0 Å². The zero-order chi connectivity index (χ0) is 16.2. The lowest BCUT2D eigenvalue weighted by atomic mass is 9.50. The Morgan fingerprint density at radius 2 is 2.13 bits per heavy atom. The van der Waals surface area contributed by atoms with Crippen molar-refractivity contribution < 1.29 is 9.90 Å². The van der Waals surface area contributed by atoms with Crippen molar-refractivity contribution in [2.45, 2.75) is 51.9 Å². The molecule has 0 amide bonds.